The maximum atomic E-state index is 8.88. The first-order valence-corrected chi connectivity index (χ1v) is 12.7. The molecule has 28 heavy (non-hydrogen) atoms. The molecule has 0 saturated carbocycles. The minimum atomic E-state index is -4.64. The summed E-state index contributed by atoms with van der Waals surface area (Å²) < 4.78 is 8.88. The molecular weight excluding hydrogens is 375 g/mol. The number of phosphoric acid groups is 1. The Balaban J connectivity index is 0.00000129. The molecule has 0 aromatic heterocycles. The van der Waals surface area contributed by atoms with Crippen LogP contribution < -0.4 is 0 Å². The third-order valence-electron chi connectivity index (χ3n) is 4.72. The quantitative estimate of drug-likeness (QED) is 0.176. The summed E-state index contributed by atoms with van der Waals surface area (Å²) in [5.74, 6) is 0. The summed E-state index contributed by atoms with van der Waals surface area (Å²) in [5, 5.41) is 0. The normalized spacial score (nSPS) is 13.9. The van der Waals surface area contributed by atoms with Crippen molar-refractivity contribution in [2.24, 2.45) is 4.99 Å². The number of nitrogens with zero attached hydrogens (tertiary/aromatic N) is 2. The fourth-order valence-corrected chi connectivity index (χ4v) is 3.15. The Hall–Kier alpha value is -0.680. The fourth-order valence-electron chi connectivity index (χ4n) is 3.15. The fraction of sp³-hybridized carbons (Fsp3) is 0.857. The maximum Gasteiger partial charge on any atom is 0.466 e. The smallest absolute Gasteiger partial charge is 0.361 e. The summed E-state index contributed by atoms with van der Waals surface area (Å²) in [6, 6.07) is 0. The Morgan fingerprint density at radius 1 is 0.857 bits per heavy atom. The van der Waals surface area contributed by atoms with Crippen molar-refractivity contribution < 1.29 is 19.2 Å². The van der Waals surface area contributed by atoms with Crippen LogP contribution in [0.1, 0.15) is 96.8 Å². The second-order valence-electron chi connectivity index (χ2n) is 7.51. The van der Waals surface area contributed by atoms with Crippen molar-refractivity contribution in [1.82, 2.24) is 4.90 Å². The number of aliphatic imine (C=N–C) groups is 1. The van der Waals surface area contributed by atoms with Crippen LogP contribution in [0, 0.1) is 0 Å². The minimum absolute atomic E-state index is 1.01. The van der Waals surface area contributed by atoms with Gasteiger partial charge in [0.05, 0.1) is 12.9 Å². The van der Waals surface area contributed by atoms with Gasteiger partial charge in [0, 0.05) is 13.1 Å². The van der Waals surface area contributed by atoms with Crippen LogP contribution in [0.3, 0.4) is 0 Å². The van der Waals surface area contributed by atoms with E-state index in [9.17, 15) is 0 Å². The van der Waals surface area contributed by atoms with Gasteiger partial charge in [0.15, 0.2) is 0 Å². The SMILES string of the molecule is CCCCCCCCC=CCCCCCCCCN1C=NCC1.O=P(O)(O)O. The predicted molar refractivity (Wildman–Crippen MR) is 119 cm³/mol. The molecular formula is C21H43N2O4P. The molecule has 6 nitrogen and oxygen atoms in total. The van der Waals surface area contributed by atoms with Crippen LogP contribution in [0.5, 0.6) is 0 Å². The monoisotopic (exact) mass is 418 g/mol. The summed E-state index contributed by atoms with van der Waals surface area (Å²) in [6.45, 7) is 5.65. The summed E-state index contributed by atoms with van der Waals surface area (Å²) >= 11 is 0. The molecule has 166 valence electrons. The lowest BCUT2D eigenvalue weighted by molar-refractivity contribution is 0.275. The van der Waals surface area contributed by atoms with E-state index in [1.54, 1.807) is 0 Å². The van der Waals surface area contributed by atoms with Gasteiger partial charge in [-0.3, -0.25) is 4.99 Å². The minimum Gasteiger partial charge on any atom is -0.361 e. The zero-order chi connectivity index (χ0) is 20.9. The van der Waals surface area contributed by atoms with Crippen molar-refractivity contribution in [2.75, 3.05) is 19.6 Å². The highest BCUT2D eigenvalue weighted by molar-refractivity contribution is 7.45. The van der Waals surface area contributed by atoms with Gasteiger partial charge in [-0.1, -0.05) is 76.9 Å². The Morgan fingerprint density at radius 2 is 1.32 bits per heavy atom. The third-order valence-corrected chi connectivity index (χ3v) is 4.72. The van der Waals surface area contributed by atoms with Gasteiger partial charge in [0.25, 0.3) is 0 Å². The zero-order valence-corrected chi connectivity index (χ0v) is 18.7. The van der Waals surface area contributed by atoms with Crippen molar-refractivity contribution >= 4 is 14.2 Å². The molecule has 1 heterocycles. The number of hydrogen-bond acceptors (Lipinski definition) is 3. The molecule has 0 spiro atoms. The lowest BCUT2D eigenvalue weighted by atomic mass is 10.1. The lowest BCUT2D eigenvalue weighted by Gasteiger charge is -2.12. The van der Waals surface area contributed by atoms with Crippen LogP contribution in [0.4, 0.5) is 0 Å². The summed E-state index contributed by atoms with van der Waals surface area (Å²) in [5.41, 5.74) is 0. The maximum absolute atomic E-state index is 8.88. The Bertz CT molecular complexity index is 430. The molecule has 0 radical (unpaired) electrons. The average molecular weight is 419 g/mol. The molecule has 1 rings (SSSR count). The number of allylic oxidation sites excluding steroid dienone is 2. The van der Waals surface area contributed by atoms with Crippen molar-refractivity contribution in [1.29, 1.82) is 0 Å². The molecule has 0 amide bonds. The number of rotatable bonds is 16. The molecule has 0 atom stereocenters. The van der Waals surface area contributed by atoms with Gasteiger partial charge in [-0.25, -0.2) is 4.57 Å². The van der Waals surface area contributed by atoms with E-state index in [1.165, 1.54) is 96.4 Å². The second kappa shape index (κ2) is 19.6. The van der Waals surface area contributed by atoms with Gasteiger partial charge in [0.1, 0.15) is 0 Å². The van der Waals surface area contributed by atoms with E-state index >= 15 is 0 Å². The Labute approximate surface area is 172 Å². The van der Waals surface area contributed by atoms with Crippen LogP contribution in [0.2, 0.25) is 0 Å². The molecule has 7 heteroatoms. The highest BCUT2D eigenvalue weighted by atomic mass is 31.2. The second-order valence-corrected chi connectivity index (χ2v) is 8.54. The molecule has 0 bridgehead atoms. The molecule has 0 aromatic rings. The van der Waals surface area contributed by atoms with Gasteiger partial charge >= 0.3 is 7.82 Å². The highest BCUT2D eigenvalue weighted by Gasteiger charge is 2.03. The summed E-state index contributed by atoms with van der Waals surface area (Å²) in [4.78, 5) is 28.2. The van der Waals surface area contributed by atoms with Crippen LogP contribution in [0.15, 0.2) is 17.1 Å². The van der Waals surface area contributed by atoms with E-state index in [4.69, 9.17) is 19.2 Å². The van der Waals surface area contributed by atoms with E-state index in [0.717, 1.165) is 13.1 Å². The van der Waals surface area contributed by atoms with E-state index in [1.807, 2.05) is 6.34 Å². The standard InChI is InChI=1S/C21H40N2.H3O4P/c1-2-3-4-5-6-7-8-9-10-11-12-13-14-15-16-17-19-23-20-18-22-21-23;1-5(2,3)4/h9-10,21H,2-8,11-20H2,1H3;(H3,1,2,3,4). The van der Waals surface area contributed by atoms with Crippen molar-refractivity contribution in [3.63, 3.8) is 0 Å². The van der Waals surface area contributed by atoms with Crippen molar-refractivity contribution in [3.8, 4) is 0 Å². The molecule has 1 aliphatic heterocycles. The molecule has 1 aliphatic rings. The zero-order valence-electron chi connectivity index (χ0n) is 17.8. The van der Waals surface area contributed by atoms with Crippen molar-refractivity contribution in [3.05, 3.63) is 12.2 Å². The average Bonchev–Trinajstić information content (AvgIpc) is 3.13. The van der Waals surface area contributed by atoms with E-state index in [2.05, 4.69) is 29.0 Å². The Morgan fingerprint density at radius 3 is 1.79 bits per heavy atom. The molecule has 3 N–H and O–H groups in total. The summed E-state index contributed by atoms with van der Waals surface area (Å²) in [6.07, 6.45) is 26.2. The van der Waals surface area contributed by atoms with Gasteiger partial charge in [-0.05, 0) is 32.1 Å². The molecule has 0 aromatic carbocycles. The van der Waals surface area contributed by atoms with Crippen LogP contribution in [-0.4, -0.2) is 45.6 Å². The molecule has 0 fully saturated rings. The largest absolute Gasteiger partial charge is 0.466 e. The number of hydrogen-bond donors (Lipinski definition) is 3. The third kappa shape index (κ3) is 25.3. The van der Waals surface area contributed by atoms with Gasteiger partial charge in [-0.2, -0.15) is 0 Å². The Kier molecular flexibility index (Phi) is 19.2. The van der Waals surface area contributed by atoms with Gasteiger partial charge in [0.2, 0.25) is 0 Å². The number of unbranched alkanes of at least 4 members (excludes halogenated alkanes) is 12. The van der Waals surface area contributed by atoms with E-state index in [0.29, 0.717) is 0 Å². The first kappa shape index (κ1) is 27.3. The highest BCUT2D eigenvalue weighted by Crippen LogP contribution is 2.25. The molecule has 0 unspecified atom stereocenters. The first-order valence-electron chi connectivity index (χ1n) is 11.1. The van der Waals surface area contributed by atoms with Crippen molar-refractivity contribution in [2.45, 2.75) is 96.8 Å². The van der Waals surface area contributed by atoms with Crippen LogP contribution in [-0.2, 0) is 4.57 Å². The van der Waals surface area contributed by atoms with Crippen LogP contribution in [0.25, 0.3) is 0 Å². The van der Waals surface area contributed by atoms with Gasteiger partial charge in [-0.15, -0.1) is 0 Å². The summed E-state index contributed by atoms with van der Waals surface area (Å²) in [7, 11) is -4.64. The topological polar surface area (TPSA) is 93.4 Å². The van der Waals surface area contributed by atoms with E-state index in [-0.39, 0.29) is 0 Å². The predicted octanol–water partition coefficient (Wildman–Crippen LogP) is 5.44. The van der Waals surface area contributed by atoms with Crippen LogP contribution >= 0.6 is 7.82 Å². The molecule has 0 saturated heterocycles. The lowest BCUT2D eigenvalue weighted by Crippen LogP contribution is -2.20. The van der Waals surface area contributed by atoms with E-state index < -0.39 is 7.82 Å². The first-order chi connectivity index (χ1) is 13.4. The molecule has 0 aliphatic carbocycles. The van der Waals surface area contributed by atoms with Gasteiger partial charge < -0.3 is 19.6 Å².